The Morgan fingerprint density at radius 2 is 2.06 bits per heavy atom. The zero-order valence-electron chi connectivity index (χ0n) is 10.5. The van der Waals surface area contributed by atoms with Gasteiger partial charge in [0, 0.05) is 26.1 Å². The Morgan fingerprint density at radius 1 is 1.44 bits per heavy atom. The number of carbonyl (C=O) groups excluding carboxylic acids is 1. The first kappa shape index (κ1) is 15.4. The number of sulfonamides is 1. The first-order valence-electron chi connectivity index (χ1n) is 5.92. The van der Waals surface area contributed by atoms with Crippen LogP contribution in [0.4, 0.5) is 0 Å². The van der Waals surface area contributed by atoms with Gasteiger partial charge in [-0.15, -0.1) is 0 Å². The fourth-order valence-electron chi connectivity index (χ4n) is 1.53. The molecule has 0 spiro atoms. The highest BCUT2D eigenvalue weighted by Gasteiger charge is 2.24. The average molecular weight is 280 g/mol. The Balaban J connectivity index is 2.34. The van der Waals surface area contributed by atoms with E-state index in [2.05, 4.69) is 5.32 Å². The zero-order valence-corrected chi connectivity index (χ0v) is 11.3. The van der Waals surface area contributed by atoms with E-state index in [0.717, 1.165) is 0 Å². The van der Waals surface area contributed by atoms with Crippen molar-refractivity contribution in [3.63, 3.8) is 0 Å². The quantitative estimate of drug-likeness (QED) is 0.619. The van der Waals surface area contributed by atoms with E-state index in [1.54, 1.807) is 6.92 Å². The maximum Gasteiger partial charge on any atom is 0.221 e. The van der Waals surface area contributed by atoms with E-state index in [4.69, 9.17) is 9.84 Å². The maximum atomic E-state index is 11.9. The van der Waals surface area contributed by atoms with Crippen molar-refractivity contribution in [2.75, 3.05) is 38.6 Å². The number of amides is 1. The van der Waals surface area contributed by atoms with Crippen LogP contribution in [0.15, 0.2) is 0 Å². The summed E-state index contributed by atoms with van der Waals surface area (Å²) in [6, 6.07) is 0. The molecular weight excluding hydrogens is 260 g/mol. The average Bonchev–Trinajstić information content (AvgIpc) is 2.35. The number of carbonyl (C=O) groups is 1. The molecule has 0 saturated carbocycles. The fourth-order valence-corrected chi connectivity index (χ4v) is 2.93. The monoisotopic (exact) mass is 280 g/mol. The van der Waals surface area contributed by atoms with Crippen LogP contribution in [-0.4, -0.2) is 68.4 Å². The molecule has 1 aliphatic heterocycles. The Kier molecular flexibility index (Phi) is 6.00. The summed E-state index contributed by atoms with van der Waals surface area (Å²) < 4.78 is 30.2. The molecule has 1 aliphatic rings. The van der Waals surface area contributed by atoms with Crippen molar-refractivity contribution in [3.8, 4) is 0 Å². The second-order valence-electron chi connectivity index (χ2n) is 4.23. The highest BCUT2D eigenvalue weighted by atomic mass is 32.2. The summed E-state index contributed by atoms with van der Waals surface area (Å²) in [7, 11) is -3.39. The molecule has 1 amide bonds. The molecule has 18 heavy (non-hydrogen) atoms. The number of hydrogen-bond acceptors (Lipinski definition) is 5. The lowest BCUT2D eigenvalue weighted by Crippen LogP contribution is -2.42. The molecule has 1 fully saturated rings. The van der Waals surface area contributed by atoms with Crippen LogP contribution in [0.2, 0.25) is 0 Å². The minimum Gasteiger partial charge on any atom is -0.392 e. The van der Waals surface area contributed by atoms with E-state index >= 15 is 0 Å². The third kappa shape index (κ3) is 5.30. The molecule has 1 saturated heterocycles. The van der Waals surface area contributed by atoms with Gasteiger partial charge in [-0.05, 0) is 6.92 Å². The van der Waals surface area contributed by atoms with Crippen molar-refractivity contribution < 1.29 is 23.1 Å². The molecule has 0 radical (unpaired) electrons. The molecule has 0 bridgehead atoms. The minimum absolute atomic E-state index is 0.0909. The normalized spacial score (nSPS) is 19.4. The lowest BCUT2D eigenvalue weighted by atomic mass is 10.4. The van der Waals surface area contributed by atoms with Crippen LogP contribution in [0, 0.1) is 0 Å². The number of nitrogens with one attached hydrogen (secondary N) is 1. The van der Waals surface area contributed by atoms with E-state index in [1.807, 2.05) is 0 Å². The van der Waals surface area contributed by atoms with Crippen LogP contribution in [-0.2, 0) is 19.6 Å². The van der Waals surface area contributed by atoms with E-state index in [-0.39, 0.29) is 24.6 Å². The van der Waals surface area contributed by atoms with Gasteiger partial charge < -0.3 is 15.2 Å². The number of ether oxygens (including phenoxy) is 1. The van der Waals surface area contributed by atoms with Gasteiger partial charge in [-0.1, -0.05) is 0 Å². The van der Waals surface area contributed by atoms with Gasteiger partial charge in [0.05, 0.1) is 25.1 Å². The number of aliphatic hydroxyl groups is 1. The van der Waals surface area contributed by atoms with Crippen molar-refractivity contribution >= 4 is 15.9 Å². The Bertz CT molecular complexity index is 362. The maximum absolute atomic E-state index is 11.9. The highest BCUT2D eigenvalue weighted by Crippen LogP contribution is 2.06. The Morgan fingerprint density at radius 3 is 2.61 bits per heavy atom. The van der Waals surface area contributed by atoms with Gasteiger partial charge in [0.25, 0.3) is 0 Å². The number of aliphatic hydroxyl groups excluding tert-OH is 1. The first-order valence-corrected chi connectivity index (χ1v) is 7.53. The predicted octanol–water partition coefficient (Wildman–Crippen LogP) is -1.46. The van der Waals surface area contributed by atoms with E-state index in [1.165, 1.54) is 4.31 Å². The first-order chi connectivity index (χ1) is 8.42. The molecule has 2 N–H and O–H groups in total. The summed E-state index contributed by atoms with van der Waals surface area (Å²) in [6.07, 6.45) is -0.725. The smallest absolute Gasteiger partial charge is 0.221 e. The van der Waals surface area contributed by atoms with Gasteiger partial charge in [-0.25, -0.2) is 8.42 Å². The molecule has 7 nitrogen and oxygen atoms in total. The lowest BCUT2D eigenvalue weighted by Gasteiger charge is -2.25. The van der Waals surface area contributed by atoms with Gasteiger partial charge in [0.15, 0.2) is 0 Å². The highest BCUT2D eigenvalue weighted by molar-refractivity contribution is 7.89. The van der Waals surface area contributed by atoms with Crippen molar-refractivity contribution in [2.45, 2.75) is 19.4 Å². The van der Waals surface area contributed by atoms with Gasteiger partial charge in [-0.2, -0.15) is 4.31 Å². The van der Waals surface area contributed by atoms with E-state index in [9.17, 15) is 13.2 Å². The number of nitrogens with zero attached hydrogens (tertiary/aromatic N) is 1. The van der Waals surface area contributed by atoms with Crippen LogP contribution >= 0.6 is 0 Å². The number of hydrogen-bond donors (Lipinski definition) is 2. The van der Waals surface area contributed by atoms with Gasteiger partial charge in [0.2, 0.25) is 15.9 Å². The van der Waals surface area contributed by atoms with Gasteiger partial charge >= 0.3 is 0 Å². The van der Waals surface area contributed by atoms with E-state index < -0.39 is 16.1 Å². The summed E-state index contributed by atoms with van der Waals surface area (Å²) >= 11 is 0. The van der Waals surface area contributed by atoms with Crippen molar-refractivity contribution in [2.24, 2.45) is 0 Å². The fraction of sp³-hybridized carbons (Fsp3) is 0.900. The van der Waals surface area contributed by atoms with Crippen LogP contribution in [0.5, 0.6) is 0 Å². The summed E-state index contributed by atoms with van der Waals surface area (Å²) in [4.78, 5) is 11.3. The molecule has 106 valence electrons. The topological polar surface area (TPSA) is 95.9 Å². The summed E-state index contributed by atoms with van der Waals surface area (Å²) in [5.74, 6) is -0.578. The van der Waals surface area contributed by atoms with Crippen LogP contribution in [0.25, 0.3) is 0 Å². The van der Waals surface area contributed by atoms with Crippen molar-refractivity contribution in [1.29, 1.82) is 0 Å². The second kappa shape index (κ2) is 7.03. The van der Waals surface area contributed by atoms with Crippen LogP contribution in [0.3, 0.4) is 0 Å². The molecule has 0 aliphatic carbocycles. The van der Waals surface area contributed by atoms with Gasteiger partial charge in [0.1, 0.15) is 0 Å². The molecule has 0 aromatic rings. The van der Waals surface area contributed by atoms with Crippen molar-refractivity contribution in [3.05, 3.63) is 0 Å². The zero-order chi connectivity index (χ0) is 13.6. The second-order valence-corrected chi connectivity index (χ2v) is 6.32. The molecule has 8 heteroatoms. The predicted molar refractivity (Wildman–Crippen MR) is 65.5 cm³/mol. The molecule has 0 aromatic carbocycles. The van der Waals surface area contributed by atoms with E-state index in [0.29, 0.717) is 26.3 Å². The number of rotatable bonds is 6. The minimum atomic E-state index is -3.39. The third-order valence-corrected chi connectivity index (χ3v) is 4.42. The Labute approximate surface area is 107 Å². The lowest BCUT2D eigenvalue weighted by molar-refractivity contribution is -0.121. The standard InChI is InChI=1S/C10H20N2O5S/c1-9(13)8-11-10(14)2-7-18(15,16)12-3-5-17-6-4-12/h9,13H,2-8H2,1H3,(H,11,14). The van der Waals surface area contributed by atoms with Gasteiger partial charge in [-0.3, -0.25) is 4.79 Å². The molecule has 0 aromatic heterocycles. The number of morpholine rings is 1. The third-order valence-electron chi connectivity index (χ3n) is 2.55. The molecular formula is C10H20N2O5S. The summed E-state index contributed by atoms with van der Waals surface area (Å²) in [6.45, 7) is 3.16. The largest absolute Gasteiger partial charge is 0.392 e. The molecule has 1 heterocycles. The SMILES string of the molecule is CC(O)CNC(=O)CCS(=O)(=O)N1CCOCC1. The van der Waals surface area contributed by atoms with Crippen LogP contribution in [0.1, 0.15) is 13.3 Å². The molecule has 1 rings (SSSR count). The summed E-state index contributed by atoms with van der Waals surface area (Å²) in [5, 5.41) is 11.4. The Hall–Kier alpha value is -0.700. The molecule has 1 atom stereocenters. The summed E-state index contributed by atoms with van der Waals surface area (Å²) in [5.41, 5.74) is 0. The van der Waals surface area contributed by atoms with Crippen LogP contribution < -0.4 is 5.32 Å². The van der Waals surface area contributed by atoms with Crippen molar-refractivity contribution in [1.82, 2.24) is 9.62 Å². The molecule has 1 unspecified atom stereocenters.